The normalized spacial score (nSPS) is 14.7. The SMILES string of the molecule is CC(C)NC(=O)[C@H](Cc1ccccc1)N(Cc1cccc(Br)c1)C(=O)CCN1C(=O)c2ccccc2S1(=O)=O. The van der Waals surface area contributed by atoms with E-state index in [1.54, 1.807) is 12.1 Å². The fourth-order valence-electron chi connectivity index (χ4n) is 4.56. The first kappa shape index (κ1) is 28.5. The highest BCUT2D eigenvalue weighted by Crippen LogP contribution is 2.30. The van der Waals surface area contributed by atoms with Crippen molar-refractivity contribution in [2.24, 2.45) is 0 Å². The maximum atomic E-state index is 13.8. The van der Waals surface area contributed by atoms with E-state index in [4.69, 9.17) is 0 Å². The van der Waals surface area contributed by atoms with E-state index in [0.717, 1.165) is 19.9 Å². The summed E-state index contributed by atoms with van der Waals surface area (Å²) in [6, 6.07) is 21.8. The Morgan fingerprint density at radius 2 is 1.62 bits per heavy atom. The molecule has 0 aromatic heterocycles. The highest BCUT2D eigenvalue weighted by Gasteiger charge is 2.41. The number of amides is 3. The highest BCUT2D eigenvalue weighted by molar-refractivity contribution is 9.10. The van der Waals surface area contributed by atoms with Crippen LogP contribution in [0, 0.1) is 0 Å². The topological polar surface area (TPSA) is 104 Å². The molecule has 204 valence electrons. The van der Waals surface area contributed by atoms with Gasteiger partial charge in [-0.05, 0) is 49.2 Å². The summed E-state index contributed by atoms with van der Waals surface area (Å²) in [6.45, 7) is 3.49. The lowest BCUT2D eigenvalue weighted by molar-refractivity contribution is -0.141. The fraction of sp³-hybridized carbons (Fsp3) is 0.276. The second kappa shape index (κ2) is 12.1. The maximum absolute atomic E-state index is 13.8. The van der Waals surface area contributed by atoms with Gasteiger partial charge >= 0.3 is 0 Å². The van der Waals surface area contributed by atoms with Gasteiger partial charge in [-0.25, -0.2) is 12.7 Å². The molecule has 0 radical (unpaired) electrons. The Hall–Kier alpha value is -3.50. The van der Waals surface area contributed by atoms with E-state index in [-0.39, 0.29) is 48.3 Å². The number of carbonyl (C=O) groups is 3. The monoisotopic (exact) mass is 611 g/mol. The molecular formula is C29H30BrN3O5S. The molecule has 1 atom stereocenters. The van der Waals surface area contributed by atoms with Gasteiger partial charge in [-0.2, -0.15) is 0 Å². The van der Waals surface area contributed by atoms with Crippen LogP contribution >= 0.6 is 15.9 Å². The van der Waals surface area contributed by atoms with Gasteiger partial charge in [0.15, 0.2) is 0 Å². The van der Waals surface area contributed by atoms with Crippen LogP contribution in [0.1, 0.15) is 41.8 Å². The number of nitrogens with zero attached hydrogens (tertiary/aromatic N) is 2. The van der Waals surface area contributed by atoms with Crippen molar-refractivity contribution >= 4 is 43.7 Å². The van der Waals surface area contributed by atoms with Gasteiger partial charge in [0.1, 0.15) is 10.9 Å². The predicted octanol–water partition coefficient (Wildman–Crippen LogP) is 4.15. The van der Waals surface area contributed by atoms with Crippen LogP contribution in [0.25, 0.3) is 0 Å². The van der Waals surface area contributed by atoms with E-state index < -0.39 is 27.9 Å². The molecule has 0 fully saturated rings. The number of fused-ring (bicyclic) bond motifs is 1. The Labute approximate surface area is 237 Å². The zero-order chi connectivity index (χ0) is 28.2. The van der Waals surface area contributed by atoms with Crippen molar-refractivity contribution < 1.29 is 22.8 Å². The third kappa shape index (κ3) is 6.57. The van der Waals surface area contributed by atoms with E-state index in [0.29, 0.717) is 0 Å². The Balaban J connectivity index is 1.64. The first-order valence-corrected chi connectivity index (χ1v) is 14.9. The number of rotatable bonds is 10. The fourth-order valence-corrected chi connectivity index (χ4v) is 6.58. The summed E-state index contributed by atoms with van der Waals surface area (Å²) in [5, 5.41) is 2.92. The number of benzene rings is 3. The van der Waals surface area contributed by atoms with E-state index in [9.17, 15) is 22.8 Å². The second-order valence-electron chi connectivity index (χ2n) is 9.65. The molecule has 8 nitrogen and oxygen atoms in total. The van der Waals surface area contributed by atoms with E-state index >= 15 is 0 Å². The highest BCUT2D eigenvalue weighted by atomic mass is 79.9. The zero-order valence-electron chi connectivity index (χ0n) is 21.7. The molecule has 0 aliphatic carbocycles. The number of sulfonamides is 1. The molecule has 4 rings (SSSR count). The lowest BCUT2D eigenvalue weighted by Crippen LogP contribution is -2.52. The summed E-state index contributed by atoms with van der Waals surface area (Å²) in [5.74, 6) is -1.40. The molecule has 1 N–H and O–H groups in total. The lowest BCUT2D eigenvalue weighted by Gasteiger charge is -2.32. The summed E-state index contributed by atoms with van der Waals surface area (Å²) in [5.41, 5.74) is 1.76. The van der Waals surface area contributed by atoms with Crippen LogP contribution in [0.15, 0.2) is 88.2 Å². The molecule has 0 saturated carbocycles. The van der Waals surface area contributed by atoms with E-state index in [1.165, 1.54) is 17.0 Å². The second-order valence-corrected chi connectivity index (χ2v) is 12.4. The molecule has 39 heavy (non-hydrogen) atoms. The Kier molecular flexibility index (Phi) is 8.87. The molecule has 3 aromatic rings. The van der Waals surface area contributed by atoms with Crippen LogP contribution in [-0.4, -0.2) is 54.0 Å². The Morgan fingerprint density at radius 1 is 0.949 bits per heavy atom. The quantitative estimate of drug-likeness (QED) is 0.371. The minimum atomic E-state index is -4.05. The first-order chi connectivity index (χ1) is 18.6. The molecule has 1 aliphatic heterocycles. The standard InChI is InChI=1S/C29H30BrN3O5S/c1-20(2)31-28(35)25(18-21-9-4-3-5-10-21)32(19-22-11-8-12-23(30)17-22)27(34)15-16-33-29(36)24-13-6-7-14-26(24)39(33,37)38/h3-14,17,20,25H,15-16,18-19H2,1-2H3,(H,31,35)/t25-/m0/s1. The van der Waals surface area contributed by atoms with E-state index in [2.05, 4.69) is 21.2 Å². The van der Waals surface area contributed by atoms with Gasteiger partial charge in [-0.1, -0.05) is 70.5 Å². The third-order valence-corrected chi connectivity index (χ3v) is 8.72. The summed E-state index contributed by atoms with van der Waals surface area (Å²) >= 11 is 3.46. The average Bonchev–Trinajstić information content (AvgIpc) is 3.09. The number of halogens is 1. The summed E-state index contributed by atoms with van der Waals surface area (Å²) < 4.78 is 27.6. The molecular weight excluding hydrogens is 582 g/mol. The molecule has 1 aliphatic rings. The molecule has 3 aromatic carbocycles. The van der Waals surface area contributed by atoms with Gasteiger partial charge in [-0.3, -0.25) is 14.4 Å². The Bertz CT molecular complexity index is 1480. The van der Waals surface area contributed by atoms with Gasteiger partial charge in [0.25, 0.3) is 15.9 Å². The smallest absolute Gasteiger partial charge is 0.269 e. The van der Waals surface area contributed by atoms with Gasteiger partial charge in [0.05, 0.1) is 5.56 Å². The maximum Gasteiger partial charge on any atom is 0.269 e. The molecule has 0 unspecified atom stereocenters. The van der Waals surface area contributed by atoms with Crippen molar-refractivity contribution in [3.05, 3.63) is 100 Å². The van der Waals surface area contributed by atoms with Crippen molar-refractivity contribution in [1.29, 1.82) is 0 Å². The molecule has 0 saturated heterocycles. The summed E-state index contributed by atoms with van der Waals surface area (Å²) in [7, 11) is -4.05. The summed E-state index contributed by atoms with van der Waals surface area (Å²) in [4.78, 5) is 41.5. The van der Waals surface area contributed by atoms with Crippen LogP contribution in [-0.2, 0) is 32.6 Å². The zero-order valence-corrected chi connectivity index (χ0v) is 24.1. The van der Waals surface area contributed by atoms with Crippen LogP contribution < -0.4 is 5.32 Å². The minimum Gasteiger partial charge on any atom is -0.352 e. The number of carbonyl (C=O) groups excluding carboxylic acids is 3. The van der Waals surface area contributed by atoms with Crippen LogP contribution in [0.2, 0.25) is 0 Å². The largest absolute Gasteiger partial charge is 0.352 e. The van der Waals surface area contributed by atoms with Crippen molar-refractivity contribution in [2.75, 3.05) is 6.54 Å². The number of hydrogen-bond acceptors (Lipinski definition) is 5. The van der Waals surface area contributed by atoms with Gasteiger partial charge in [0, 0.05) is 36.4 Å². The molecule has 0 spiro atoms. The van der Waals surface area contributed by atoms with Crippen molar-refractivity contribution in [3.8, 4) is 0 Å². The van der Waals surface area contributed by atoms with Gasteiger partial charge < -0.3 is 10.2 Å². The van der Waals surface area contributed by atoms with Crippen LogP contribution in [0.5, 0.6) is 0 Å². The lowest BCUT2D eigenvalue weighted by atomic mass is 10.0. The number of hydrogen-bond donors (Lipinski definition) is 1. The van der Waals surface area contributed by atoms with Crippen molar-refractivity contribution in [2.45, 2.75) is 50.2 Å². The van der Waals surface area contributed by atoms with Crippen molar-refractivity contribution in [3.63, 3.8) is 0 Å². The molecule has 10 heteroatoms. The van der Waals surface area contributed by atoms with Crippen molar-refractivity contribution in [1.82, 2.24) is 14.5 Å². The predicted molar refractivity (Wildman–Crippen MR) is 151 cm³/mol. The first-order valence-electron chi connectivity index (χ1n) is 12.6. The van der Waals surface area contributed by atoms with Gasteiger partial charge in [-0.15, -0.1) is 0 Å². The minimum absolute atomic E-state index is 0.0632. The number of nitrogens with one attached hydrogen (secondary N) is 1. The van der Waals surface area contributed by atoms with Crippen LogP contribution in [0.3, 0.4) is 0 Å². The average molecular weight is 613 g/mol. The summed E-state index contributed by atoms with van der Waals surface area (Å²) in [6.07, 6.45) is -0.00126. The van der Waals surface area contributed by atoms with Gasteiger partial charge in [0.2, 0.25) is 11.8 Å². The third-order valence-electron chi connectivity index (χ3n) is 6.38. The van der Waals surface area contributed by atoms with Crippen LogP contribution in [0.4, 0.5) is 0 Å². The molecule has 1 heterocycles. The van der Waals surface area contributed by atoms with E-state index in [1.807, 2.05) is 68.4 Å². The molecule has 3 amide bonds. The molecule has 0 bridgehead atoms. The Morgan fingerprint density at radius 3 is 2.28 bits per heavy atom.